The molecule has 4 nitrogen and oxygen atoms in total. The highest BCUT2D eigenvalue weighted by molar-refractivity contribution is 7.98. The second-order valence-corrected chi connectivity index (χ2v) is 8.19. The van der Waals surface area contributed by atoms with E-state index in [1.807, 2.05) is 18.8 Å². The first-order chi connectivity index (χ1) is 12.3. The summed E-state index contributed by atoms with van der Waals surface area (Å²) in [5.74, 6) is 2.17. The first-order valence-electron chi connectivity index (χ1n) is 9.56. The molecule has 25 heavy (non-hydrogen) atoms. The molecule has 5 heteroatoms. The lowest BCUT2D eigenvalue weighted by molar-refractivity contribution is 0.114. The molecule has 0 spiro atoms. The van der Waals surface area contributed by atoms with Gasteiger partial charge in [0.2, 0.25) is 0 Å². The van der Waals surface area contributed by atoms with Crippen molar-refractivity contribution in [3.8, 4) is 0 Å². The fraction of sp³-hybridized carbons (Fsp3) is 0.650. The monoisotopic (exact) mass is 360 g/mol. The number of nitrogens with one attached hydrogen (secondary N) is 2. The molecule has 0 radical (unpaired) electrons. The molecule has 2 aliphatic heterocycles. The Kier molecular flexibility index (Phi) is 7.05. The normalized spacial score (nSPS) is 26.6. The van der Waals surface area contributed by atoms with Gasteiger partial charge in [0.15, 0.2) is 5.96 Å². The number of piperidine rings is 1. The molecule has 2 heterocycles. The Morgan fingerprint density at radius 2 is 1.92 bits per heavy atom. The summed E-state index contributed by atoms with van der Waals surface area (Å²) in [5.41, 5.74) is 1.44. The molecule has 2 aliphatic rings. The van der Waals surface area contributed by atoms with Crippen molar-refractivity contribution in [1.82, 2.24) is 15.5 Å². The van der Waals surface area contributed by atoms with Gasteiger partial charge in [-0.25, -0.2) is 0 Å². The smallest absolute Gasteiger partial charge is 0.191 e. The predicted molar refractivity (Wildman–Crippen MR) is 109 cm³/mol. The Morgan fingerprint density at radius 3 is 2.56 bits per heavy atom. The lowest BCUT2D eigenvalue weighted by atomic mass is 9.96. The average Bonchev–Trinajstić information content (AvgIpc) is 2.87. The van der Waals surface area contributed by atoms with E-state index in [9.17, 15) is 0 Å². The zero-order valence-electron chi connectivity index (χ0n) is 15.6. The minimum atomic E-state index is 0.552. The van der Waals surface area contributed by atoms with Crippen LogP contribution in [-0.2, 0) is 6.54 Å². The van der Waals surface area contributed by atoms with Gasteiger partial charge in [-0.1, -0.05) is 30.3 Å². The van der Waals surface area contributed by atoms with Crippen molar-refractivity contribution in [1.29, 1.82) is 0 Å². The predicted octanol–water partition coefficient (Wildman–Crippen LogP) is 3.10. The van der Waals surface area contributed by atoms with Gasteiger partial charge in [-0.15, -0.1) is 0 Å². The van der Waals surface area contributed by atoms with Crippen molar-refractivity contribution in [3.05, 3.63) is 35.9 Å². The third-order valence-electron chi connectivity index (χ3n) is 5.47. The van der Waals surface area contributed by atoms with Crippen molar-refractivity contribution in [2.45, 2.75) is 56.8 Å². The maximum absolute atomic E-state index is 4.41. The molecule has 0 aromatic heterocycles. The van der Waals surface area contributed by atoms with Crippen molar-refractivity contribution < 1.29 is 0 Å². The largest absolute Gasteiger partial charge is 0.356 e. The second kappa shape index (κ2) is 9.48. The van der Waals surface area contributed by atoms with Crippen molar-refractivity contribution >= 4 is 17.7 Å². The van der Waals surface area contributed by atoms with Crippen molar-refractivity contribution in [3.63, 3.8) is 0 Å². The van der Waals surface area contributed by atoms with Crippen LogP contribution in [0.1, 0.15) is 37.7 Å². The maximum Gasteiger partial charge on any atom is 0.191 e. The van der Waals surface area contributed by atoms with Crippen LogP contribution in [0.3, 0.4) is 0 Å². The van der Waals surface area contributed by atoms with Gasteiger partial charge >= 0.3 is 0 Å². The molecule has 2 atom stereocenters. The summed E-state index contributed by atoms with van der Waals surface area (Å²) in [7, 11) is 1.88. The Hall–Kier alpha value is -1.20. The van der Waals surface area contributed by atoms with Crippen molar-refractivity contribution in [2.24, 2.45) is 4.99 Å². The molecule has 1 aromatic rings. The van der Waals surface area contributed by atoms with Crippen LogP contribution in [-0.4, -0.2) is 54.6 Å². The SMILES string of the molecule is CN=C(NCCCSC)NC1CC2CCC(C1)N2Cc1ccccc1. The molecule has 2 N–H and O–H groups in total. The number of fused-ring (bicyclic) bond motifs is 2. The van der Waals surface area contributed by atoms with Crippen molar-refractivity contribution in [2.75, 3.05) is 25.6 Å². The maximum atomic E-state index is 4.41. The fourth-order valence-electron chi connectivity index (χ4n) is 4.26. The highest BCUT2D eigenvalue weighted by Gasteiger charge is 2.40. The number of rotatable bonds is 7. The topological polar surface area (TPSA) is 39.7 Å². The van der Waals surface area contributed by atoms with Gasteiger partial charge in [0.05, 0.1) is 0 Å². The number of benzene rings is 1. The van der Waals surface area contributed by atoms with Crippen LogP contribution in [0.25, 0.3) is 0 Å². The number of hydrogen-bond acceptors (Lipinski definition) is 3. The molecule has 0 amide bonds. The zero-order valence-corrected chi connectivity index (χ0v) is 16.4. The zero-order chi connectivity index (χ0) is 17.5. The summed E-state index contributed by atoms with van der Waals surface area (Å²) in [6.45, 7) is 2.10. The van der Waals surface area contributed by atoms with Gasteiger partial charge in [0, 0.05) is 38.3 Å². The number of guanidine groups is 1. The van der Waals surface area contributed by atoms with Crippen LogP contribution in [0.4, 0.5) is 0 Å². The second-order valence-electron chi connectivity index (χ2n) is 7.20. The molecule has 138 valence electrons. The van der Waals surface area contributed by atoms with E-state index < -0.39 is 0 Å². The van der Waals surface area contributed by atoms with Gasteiger partial charge in [-0.3, -0.25) is 9.89 Å². The third-order valence-corrected chi connectivity index (χ3v) is 6.17. The molecule has 2 saturated heterocycles. The van der Waals surface area contributed by atoms with Gasteiger partial charge in [0.1, 0.15) is 0 Å². The summed E-state index contributed by atoms with van der Waals surface area (Å²) >= 11 is 1.90. The van der Waals surface area contributed by atoms with Crippen LogP contribution < -0.4 is 10.6 Å². The first-order valence-corrected chi connectivity index (χ1v) is 11.0. The molecular weight excluding hydrogens is 328 g/mol. The number of nitrogens with zero attached hydrogens (tertiary/aromatic N) is 2. The molecule has 2 bridgehead atoms. The molecule has 2 unspecified atom stereocenters. The van der Waals surface area contributed by atoms with E-state index in [0.717, 1.165) is 19.0 Å². The van der Waals surface area contributed by atoms with E-state index in [-0.39, 0.29) is 0 Å². The highest BCUT2D eigenvalue weighted by atomic mass is 32.2. The molecule has 3 rings (SSSR count). The molecule has 1 aromatic carbocycles. The summed E-state index contributed by atoms with van der Waals surface area (Å²) < 4.78 is 0. The van der Waals surface area contributed by atoms with Gasteiger partial charge in [0.25, 0.3) is 0 Å². The van der Waals surface area contributed by atoms with E-state index >= 15 is 0 Å². The number of thioether (sulfide) groups is 1. The van der Waals surface area contributed by atoms with Gasteiger partial charge in [-0.2, -0.15) is 11.8 Å². The highest BCUT2D eigenvalue weighted by Crippen LogP contribution is 2.36. The summed E-state index contributed by atoms with van der Waals surface area (Å²) in [5, 5.41) is 7.14. The Balaban J connectivity index is 1.49. The number of hydrogen-bond donors (Lipinski definition) is 2. The van der Waals surface area contributed by atoms with Gasteiger partial charge in [-0.05, 0) is 49.7 Å². The van der Waals surface area contributed by atoms with E-state index in [1.165, 1.54) is 43.4 Å². The minimum absolute atomic E-state index is 0.552. The Morgan fingerprint density at radius 1 is 1.20 bits per heavy atom. The fourth-order valence-corrected chi connectivity index (χ4v) is 4.69. The molecule has 0 aliphatic carbocycles. The van der Waals surface area contributed by atoms with Crippen LogP contribution >= 0.6 is 11.8 Å². The average molecular weight is 361 g/mol. The first kappa shape index (κ1) is 18.6. The van der Waals surface area contributed by atoms with Gasteiger partial charge < -0.3 is 10.6 Å². The number of aliphatic imine (C=N–C) groups is 1. The van der Waals surface area contributed by atoms with E-state index in [0.29, 0.717) is 18.1 Å². The summed E-state index contributed by atoms with van der Waals surface area (Å²) in [6, 6.07) is 12.9. The summed E-state index contributed by atoms with van der Waals surface area (Å²) in [4.78, 5) is 7.15. The van der Waals surface area contributed by atoms with E-state index in [4.69, 9.17) is 0 Å². The third kappa shape index (κ3) is 5.14. The van der Waals surface area contributed by atoms with E-state index in [1.54, 1.807) is 0 Å². The minimum Gasteiger partial charge on any atom is -0.356 e. The van der Waals surface area contributed by atoms with Crippen LogP contribution in [0, 0.1) is 0 Å². The van der Waals surface area contributed by atoms with E-state index in [2.05, 4.69) is 57.1 Å². The van der Waals surface area contributed by atoms with Crippen LogP contribution in [0.5, 0.6) is 0 Å². The van der Waals surface area contributed by atoms with Crippen LogP contribution in [0.15, 0.2) is 35.3 Å². The Labute approximate surface area is 156 Å². The standard InChI is InChI=1S/C20H32N4S/c1-21-20(22-11-6-12-25-2)23-17-13-18-9-10-19(14-17)24(18)15-16-7-4-3-5-8-16/h3-5,7-8,17-19H,6,9-15H2,1-2H3,(H2,21,22,23). The summed E-state index contributed by atoms with van der Waals surface area (Å²) in [6.07, 6.45) is 8.49. The molecular formula is C20H32N4S. The lowest BCUT2D eigenvalue weighted by Gasteiger charge is -2.39. The van der Waals surface area contributed by atoms with Crippen LogP contribution in [0.2, 0.25) is 0 Å². The Bertz CT molecular complexity index is 534. The lowest BCUT2D eigenvalue weighted by Crippen LogP contribution is -2.52. The molecule has 0 saturated carbocycles. The quantitative estimate of drug-likeness (QED) is 0.445. The molecule has 2 fully saturated rings.